The number of phenols is 1. The van der Waals surface area contributed by atoms with Crippen LogP contribution in [0.25, 0.3) is 0 Å². The average Bonchev–Trinajstić information content (AvgIpc) is 2.58. The van der Waals surface area contributed by atoms with Gasteiger partial charge < -0.3 is 9.84 Å². The second-order valence-corrected chi connectivity index (χ2v) is 6.23. The summed E-state index contributed by atoms with van der Waals surface area (Å²) in [6.45, 7) is 0. The fraction of sp³-hybridized carbons (Fsp3) is 0.176. The van der Waals surface area contributed by atoms with Crippen LogP contribution < -0.4 is 10.2 Å². The molecule has 0 bridgehead atoms. The van der Waals surface area contributed by atoms with E-state index in [9.17, 15) is 9.90 Å². The van der Waals surface area contributed by atoms with Crippen molar-refractivity contribution < 1.29 is 14.6 Å². The highest BCUT2D eigenvalue weighted by Crippen LogP contribution is 2.27. The Morgan fingerprint density at radius 1 is 1.33 bits per heavy atom. The number of methoxy groups -OCH3 is 1. The average molecular weight is 365 g/mol. The first-order valence-electron chi connectivity index (χ1n) is 7.10. The van der Waals surface area contributed by atoms with Gasteiger partial charge in [-0.25, -0.2) is 5.43 Å². The van der Waals surface area contributed by atoms with Gasteiger partial charge >= 0.3 is 0 Å². The predicted octanol–water partition coefficient (Wildman–Crippen LogP) is 3.44. The molecule has 126 valence electrons. The number of nitrogens with one attached hydrogen (secondary N) is 1. The molecule has 0 aliphatic heterocycles. The van der Waals surface area contributed by atoms with Gasteiger partial charge in [0.25, 0.3) is 0 Å². The summed E-state index contributed by atoms with van der Waals surface area (Å²) in [6, 6.07) is 12.5. The van der Waals surface area contributed by atoms with E-state index in [1.54, 1.807) is 18.2 Å². The first-order valence-corrected chi connectivity index (χ1v) is 8.63. The third kappa shape index (κ3) is 5.47. The van der Waals surface area contributed by atoms with E-state index in [1.807, 2.05) is 24.3 Å². The van der Waals surface area contributed by atoms with Gasteiger partial charge in [-0.3, -0.25) is 4.79 Å². The molecule has 0 radical (unpaired) electrons. The largest absolute Gasteiger partial charge is 0.504 e. The quantitative estimate of drug-likeness (QED) is 0.583. The maximum atomic E-state index is 11.7. The second-order valence-electron chi connectivity index (χ2n) is 4.81. The zero-order valence-corrected chi connectivity index (χ0v) is 14.6. The van der Waals surface area contributed by atoms with E-state index in [2.05, 4.69) is 10.5 Å². The topological polar surface area (TPSA) is 70.9 Å². The molecule has 0 saturated heterocycles. The molecule has 2 aromatic rings. The number of benzene rings is 2. The Morgan fingerprint density at radius 2 is 2.08 bits per heavy atom. The summed E-state index contributed by atoms with van der Waals surface area (Å²) in [5.74, 6) is 1.11. The Morgan fingerprint density at radius 3 is 2.79 bits per heavy atom. The van der Waals surface area contributed by atoms with Crippen molar-refractivity contribution in [2.45, 2.75) is 5.75 Å². The second kappa shape index (κ2) is 9.20. The highest BCUT2D eigenvalue weighted by Gasteiger charge is 2.05. The molecule has 0 saturated carbocycles. The number of carbonyl (C=O) groups excluding carboxylic acids is 1. The van der Waals surface area contributed by atoms with Crippen molar-refractivity contribution in [1.29, 1.82) is 0 Å². The predicted molar refractivity (Wildman–Crippen MR) is 98.0 cm³/mol. The van der Waals surface area contributed by atoms with Gasteiger partial charge in [-0.1, -0.05) is 29.8 Å². The Labute approximate surface area is 149 Å². The van der Waals surface area contributed by atoms with Gasteiger partial charge in [0.05, 0.1) is 19.1 Å². The molecule has 1 amide bonds. The zero-order chi connectivity index (χ0) is 17.4. The van der Waals surface area contributed by atoms with Crippen molar-refractivity contribution in [3.05, 3.63) is 58.6 Å². The van der Waals surface area contributed by atoms with Crippen LogP contribution in [0.1, 0.15) is 11.1 Å². The maximum absolute atomic E-state index is 11.7. The van der Waals surface area contributed by atoms with Crippen molar-refractivity contribution in [1.82, 2.24) is 5.43 Å². The summed E-state index contributed by atoms with van der Waals surface area (Å²) < 4.78 is 5.00. The molecule has 0 aromatic heterocycles. The van der Waals surface area contributed by atoms with Crippen molar-refractivity contribution in [3.8, 4) is 11.5 Å². The highest BCUT2D eigenvalue weighted by atomic mass is 35.5. The lowest BCUT2D eigenvalue weighted by Crippen LogP contribution is -2.19. The molecule has 0 atom stereocenters. The van der Waals surface area contributed by atoms with Crippen LogP contribution in [0.2, 0.25) is 5.02 Å². The summed E-state index contributed by atoms with van der Waals surface area (Å²) >= 11 is 7.30. The molecule has 2 N–H and O–H groups in total. The molecular formula is C17H17ClN2O3S. The van der Waals surface area contributed by atoms with E-state index < -0.39 is 0 Å². The molecule has 24 heavy (non-hydrogen) atoms. The number of nitrogens with zero attached hydrogens (tertiary/aromatic N) is 1. The van der Waals surface area contributed by atoms with Crippen molar-refractivity contribution >= 4 is 35.5 Å². The number of para-hydroxylation sites is 1. The highest BCUT2D eigenvalue weighted by molar-refractivity contribution is 7.99. The van der Waals surface area contributed by atoms with Crippen LogP contribution in [0.3, 0.4) is 0 Å². The SMILES string of the molecule is COc1cccc(/C=N\NC(=O)CSCc2ccc(Cl)cc2)c1O. The minimum absolute atomic E-state index is 0.0184. The number of carbonyl (C=O) groups is 1. The monoisotopic (exact) mass is 364 g/mol. The fourth-order valence-electron chi connectivity index (χ4n) is 1.86. The van der Waals surface area contributed by atoms with Crippen LogP contribution in [0.5, 0.6) is 11.5 Å². The third-order valence-corrected chi connectivity index (χ3v) is 4.31. The Balaban J connectivity index is 1.77. The van der Waals surface area contributed by atoms with Gasteiger partial charge in [0.2, 0.25) is 5.91 Å². The summed E-state index contributed by atoms with van der Waals surface area (Å²) in [5, 5.41) is 14.4. The maximum Gasteiger partial charge on any atom is 0.250 e. The van der Waals surface area contributed by atoms with Crippen LogP contribution in [-0.4, -0.2) is 30.1 Å². The lowest BCUT2D eigenvalue weighted by Gasteiger charge is -2.05. The molecule has 0 spiro atoms. The number of halogens is 1. The minimum atomic E-state index is -0.215. The fourth-order valence-corrected chi connectivity index (χ4v) is 2.76. The summed E-state index contributed by atoms with van der Waals surface area (Å²) in [7, 11) is 1.47. The molecule has 0 aliphatic carbocycles. The first kappa shape index (κ1) is 18.2. The van der Waals surface area contributed by atoms with Crippen LogP contribution in [0, 0.1) is 0 Å². The number of hydrogen-bond acceptors (Lipinski definition) is 5. The van der Waals surface area contributed by atoms with Gasteiger partial charge in [-0.15, -0.1) is 11.8 Å². The van der Waals surface area contributed by atoms with Gasteiger partial charge in [0.15, 0.2) is 11.5 Å². The zero-order valence-electron chi connectivity index (χ0n) is 13.0. The van der Waals surface area contributed by atoms with Crippen LogP contribution in [0.15, 0.2) is 47.6 Å². The molecule has 0 heterocycles. The summed E-state index contributed by atoms with van der Waals surface area (Å²) in [5.41, 5.74) is 3.99. The van der Waals surface area contributed by atoms with Crippen molar-refractivity contribution in [3.63, 3.8) is 0 Å². The molecule has 2 rings (SSSR count). The number of thioether (sulfide) groups is 1. The lowest BCUT2D eigenvalue weighted by molar-refractivity contribution is -0.118. The van der Waals surface area contributed by atoms with E-state index in [0.29, 0.717) is 22.1 Å². The smallest absolute Gasteiger partial charge is 0.250 e. The summed E-state index contributed by atoms with van der Waals surface area (Å²) in [6.07, 6.45) is 1.37. The number of rotatable bonds is 7. The van der Waals surface area contributed by atoms with Gasteiger partial charge in [-0.05, 0) is 29.8 Å². The normalized spacial score (nSPS) is 10.8. The van der Waals surface area contributed by atoms with Crippen molar-refractivity contribution in [2.24, 2.45) is 5.10 Å². The molecule has 0 aliphatic rings. The van der Waals surface area contributed by atoms with Crippen LogP contribution >= 0.6 is 23.4 Å². The number of phenolic OH excluding ortho intramolecular Hbond substituents is 1. The number of amides is 1. The van der Waals surface area contributed by atoms with Crippen molar-refractivity contribution in [2.75, 3.05) is 12.9 Å². The third-order valence-electron chi connectivity index (χ3n) is 3.06. The van der Waals surface area contributed by atoms with Gasteiger partial charge in [0, 0.05) is 16.3 Å². The molecular weight excluding hydrogens is 348 g/mol. The Hall–Kier alpha value is -2.18. The Bertz CT molecular complexity index is 720. The number of ether oxygens (including phenoxy) is 1. The van der Waals surface area contributed by atoms with Crippen LogP contribution in [-0.2, 0) is 10.5 Å². The molecule has 0 fully saturated rings. The van der Waals surface area contributed by atoms with E-state index >= 15 is 0 Å². The molecule has 2 aromatic carbocycles. The van der Waals surface area contributed by atoms with E-state index in [0.717, 1.165) is 5.56 Å². The van der Waals surface area contributed by atoms with Gasteiger partial charge in [-0.2, -0.15) is 5.10 Å². The van der Waals surface area contributed by atoms with Crippen LogP contribution in [0.4, 0.5) is 0 Å². The van der Waals surface area contributed by atoms with E-state index in [4.69, 9.17) is 16.3 Å². The number of hydrazone groups is 1. The minimum Gasteiger partial charge on any atom is -0.504 e. The lowest BCUT2D eigenvalue weighted by atomic mass is 10.2. The van der Waals surface area contributed by atoms with E-state index in [-0.39, 0.29) is 17.4 Å². The Kier molecular flexibility index (Phi) is 6.96. The molecule has 0 unspecified atom stereocenters. The molecule has 7 heteroatoms. The number of hydrogen-bond donors (Lipinski definition) is 2. The van der Waals surface area contributed by atoms with E-state index in [1.165, 1.54) is 25.1 Å². The molecule has 5 nitrogen and oxygen atoms in total. The van der Waals surface area contributed by atoms with Gasteiger partial charge in [0.1, 0.15) is 0 Å². The number of aromatic hydroxyl groups is 1. The standard InChI is InChI=1S/C17H17ClN2O3S/c1-23-15-4-2-3-13(17(15)22)9-19-20-16(21)11-24-10-12-5-7-14(18)8-6-12/h2-9,22H,10-11H2,1H3,(H,20,21)/b19-9-. The summed E-state index contributed by atoms with van der Waals surface area (Å²) in [4.78, 5) is 11.7. The first-order chi connectivity index (χ1) is 11.6.